The minimum Gasteiger partial charge on any atom is -0.337 e. The summed E-state index contributed by atoms with van der Waals surface area (Å²) in [6, 6.07) is 6.44. The predicted octanol–water partition coefficient (Wildman–Crippen LogP) is 1.86. The molecule has 1 atom stereocenters. The van der Waals surface area contributed by atoms with Gasteiger partial charge in [-0.3, -0.25) is 5.84 Å². The maximum absolute atomic E-state index is 13.0. The Balaban J connectivity index is 2.02. The van der Waals surface area contributed by atoms with Crippen molar-refractivity contribution in [3.05, 3.63) is 48.3 Å². The molecule has 96 valence electrons. The van der Waals surface area contributed by atoms with Crippen LogP contribution in [0.2, 0.25) is 0 Å². The lowest BCUT2D eigenvalue weighted by atomic mass is 10.3. The number of nitrogens with one attached hydrogen (secondary N) is 1. The molecule has 3 N–H and O–H groups in total. The molecular weight excluding hydrogens is 251 g/mol. The highest BCUT2D eigenvalue weighted by Gasteiger charge is 2.14. The number of hydrogen-bond acceptors (Lipinski definition) is 4. The quantitative estimate of drug-likeness (QED) is 0.493. The van der Waals surface area contributed by atoms with Gasteiger partial charge in [0.05, 0.1) is 6.04 Å². The van der Waals surface area contributed by atoms with E-state index in [2.05, 4.69) is 10.4 Å². The number of thioether (sulfide) groups is 1. The lowest BCUT2D eigenvalue weighted by molar-refractivity contribution is 0.557. The zero-order chi connectivity index (χ0) is 13.0. The van der Waals surface area contributed by atoms with Gasteiger partial charge in [-0.1, -0.05) is 6.07 Å². The number of benzene rings is 1. The van der Waals surface area contributed by atoms with E-state index in [9.17, 15) is 4.39 Å². The van der Waals surface area contributed by atoms with Crippen molar-refractivity contribution >= 4 is 11.8 Å². The summed E-state index contributed by atoms with van der Waals surface area (Å²) < 4.78 is 15.0. The largest absolute Gasteiger partial charge is 0.337 e. The summed E-state index contributed by atoms with van der Waals surface area (Å²) in [4.78, 5) is 5.13. The van der Waals surface area contributed by atoms with Crippen molar-refractivity contribution in [2.75, 3.05) is 5.75 Å². The number of aryl methyl sites for hydroxylation is 1. The molecule has 0 spiro atoms. The topological polar surface area (TPSA) is 55.9 Å². The molecule has 4 nitrogen and oxygen atoms in total. The van der Waals surface area contributed by atoms with Crippen LogP contribution in [0, 0.1) is 5.82 Å². The van der Waals surface area contributed by atoms with Gasteiger partial charge < -0.3 is 4.57 Å². The van der Waals surface area contributed by atoms with Crippen LogP contribution in [-0.4, -0.2) is 15.3 Å². The maximum Gasteiger partial charge on any atom is 0.127 e. The predicted molar refractivity (Wildman–Crippen MR) is 70.4 cm³/mol. The van der Waals surface area contributed by atoms with Crippen molar-refractivity contribution in [3.8, 4) is 0 Å². The standard InChI is InChI=1S/C12H15FN4S/c1-17-6-5-15-12(17)11(16-14)8-18-10-4-2-3-9(13)7-10/h2-7,11,16H,8,14H2,1H3. The Morgan fingerprint density at radius 3 is 3.00 bits per heavy atom. The van der Waals surface area contributed by atoms with Gasteiger partial charge in [-0.05, 0) is 18.2 Å². The van der Waals surface area contributed by atoms with Crippen molar-refractivity contribution in [2.24, 2.45) is 12.9 Å². The summed E-state index contributed by atoms with van der Waals surface area (Å²) in [6.45, 7) is 0. The van der Waals surface area contributed by atoms with Crippen LogP contribution in [0.3, 0.4) is 0 Å². The molecule has 0 amide bonds. The van der Waals surface area contributed by atoms with E-state index >= 15 is 0 Å². The summed E-state index contributed by atoms with van der Waals surface area (Å²) in [7, 11) is 1.92. The average molecular weight is 266 g/mol. The molecule has 2 rings (SSSR count). The second-order valence-electron chi connectivity index (χ2n) is 3.88. The van der Waals surface area contributed by atoms with E-state index in [4.69, 9.17) is 5.84 Å². The molecule has 0 aliphatic rings. The third-order valence-corrected chi connectivity index (χ3v) is 3.67. The molecule has 6 heteroatoms. The summed E-state index contributed by atoms with van der Waals surface area (Å²) in [6.07, 6.45) is 3.60. The van der Waals surface area contributed by atoms with Crippen LogP contribution >= 0.6 is 11.8 Å². The Morgan fingerprint density at radius 1 is 1.56 bits per heavy atom. The van der Waals surface area contributed by atoms with E-state index in [-0.39, 0.29) is 11.9 Å². The third kappa shape index (κ3) is 3.10. The van der Waals surface area contributed by atoms with E-state index in [1.54, 1.807) is 12.3 Å². The molecule has 1 heterocycles. The number of halogens is 1. The number of imidazole rings is 1. The van der Waals surface area contributed by atoms with Gasteiger partial charge in [0.25, 0.3) is 0 Å². The molecule has 1 aromatic heterocycles. The van der Waals surface area contributed by atoms with Crippen molar-refractivity contribution in [2.45, 2.75) is 10.9 Å². The van der Waals surface area contributed by atoms with E-state index in [0.717, 1.165) is 10.7 Å². The van der Waals surface area contributed by atoms with E-state index in [0.29, 0.717) is 5.75 Å². The molecule has 1 unspecified atom stereocenters. The molecule has 0 saturated heterocycles. The molecule has 0 fully saturated rings. The fraction of sp³-hybridized carbons (Fsp3) is 0.250. The first-order valence-corrected chi connectivity index (χ1v) is 6.51. The van der Waals surface area contributed by atoms with Gasteiger partial charge in [0.15, 0.2) is 0 Å². The molecule has 2 aromatic rings. The number of aromatic nitrogens is 2. The Morgan fingerprint density at radius 2 is 2.39 bits per heavy atom. The molecule has 1 aromatic carbocycles. The lowest BCUT2D eigenvalue weighted by Gasteiger charge is -2.15. The van der Waals surface area contributed by atoms with Crippen LogP contribution in [0.1, 0.15) is 11.9 Å². The first-order chi connectivity index (χ1) is 8.70. The highest BCUT2D eigenvalue weighted by molar-refractivity contribution is 7.99. The molecule has 0 saturated carbocycles. The Labute approximate surface area is 109 Å². The Hall–Kier alpha value is -1.37. The van der Waals surface area contributed by atoms with Gasteiger partial charge >= 0.3 is 0 Å². The van der Waals surface area contributed by atoms with Gasteiger partial charge in [0.2, 0.25) is 0 Å². The third-order valence-electron chi connectivity index (χ3n) is 2.58. The fourth-order valence-corrected chi connectivity index (χ4v) is 2.62. The monoisotopic (exact) mass is 266 g/mol. The van der Waals surface area contributed by atoms with Crippen molar-refractivity contribution in [1.29, 1.82) is 0 Å². The summed E-state index contributed by atoms with van der Waals surface area (Å²) >= 11 is 1.54. The summed E-state index contributed by atoms with van der Waals surface area (Å²) in [5.74, 6) is 6.86. The normalized spacial score (nSPS) is 12.6. The minimum absolute atomic E-state index is 0.0710. The highest BCUT2D eigenvalue weighted by Crippen LogP contribution is 2.23. The van der Waals surface area contributed by atoms with Crippen LogP contribution in [0.25, 0.3) is 0 Å². The maximum atomic E-state index is 13.0. The zero-order valence-corrected chi connectivity index (χ0v) is 10.8. The molecule has 0 bridgehead atoms. The average Bonchev–Trinajstić information content (AvgIpc) is 2.77. The Kier molecular flexibility index (Phi) is 4.35. The van der Waals surface area contributed by atoms with Gasteiger partial charge in [-0.25, -0.2) is 14.8 Å². The van der Waals surface area contributed by atoms with Gasteiger partial charge in [-0.15, -0.1) is 11.8 Å². The number of rotatable bonds is 5. The first-order valence-electron chi connectivity index (χ1n) is 5.52. The lowest BCUT2D eigenvalue weighted by Crippen LogP contribution is -2.31. The van der Waals surface area contributed by atoms with E-state index in [1.807, 2.05) is 23.9 Å². The molecule has 0 radical (unpaired) electrons. The van der Waals surface area contributed by atoms with E-state index in [1.165, 1.54) is 23.9 Å². The molecule has 18 heavy (non-hydrogen) atoms. The van der Waals surface area contributed by atoms with Crippen LogP contribution in [0.4, 0.5) is 4.39 Å². The number of nitrogens with two attached hydrogens (primary N) is 1. The van der Waals surface area contributed by atoms with Gasteiger partial charge in [0.1, 0.15) is 11.6 Å². The second kappa shape index (κ2) is 5.99. The van der Waals surface area contributed by atoms with Crippen molar-refractivity contribution in [3.63, 3.8) is 0 Å². The van der Waals surface area contributed by atoms with Gasteiger partial charge in [-0.2, -0.15) is 0 Å². The Bertz CT molecular complexity index is 514. The smallest absolute Gasteiger partial charge is 0.127 e. The second-order valence-corrected chi connectivity index (χ2v) is 4.98. The van der Waals surface area contributed by atoms with Crippen LogP contribution in [0.15, 0.2) is 41.6 Å². The first kappa shape index (κ1) is 13.1. The number of hydrogen-bond donors (Lipinski definition) is 2. The highest BCUT2D eigenvalue weighted by atomic mass is 32.2. The molecular formula is C12H15FN4S. The van der Waals surface area contributed by atoms with E-state index < -0.39 is 0 Å². The summed E-state index contributed by atoms with van der Waals surface area (Å²) in [5, 5.41) is 0. The molecule has 0 aliphatic heterocycles. The summed E-state index contributed by atoms with van der Waals surface area (Å²) in [5.41, 5.74) is 2.73. The van der Waals surface area contributed by atoms with Crippen LogP contribution in [0.5, 0.6) is 0 Å². The number of hydrazine groups is 1. The number of nitrogens with zero attached hydrogens (tertiary/aromatic N) is 2. The molecule has 0 aliphatic carbocycles. The van der Waals surface area contributed by atoms with Crippen molar-refractivity contribution in [1.82, 2.24) is 15.0 Å². The zero-order valence-electron chi connectivity index (χ0n) is 10.0. The SMILES string of the molecule is Cn1ccnc1C(CSc1cccc(F)c1)NN. The van der Waals surface area contributed by atoms with Crippen molar-refractivity contribution < 1.29 is 4.39 Å². The van der Waals surface area contributed by atoms with Crippen LogP contribution < -0.4 is 11.3 Å². The minimum atomic E-state index is -0.228. The van der Waals surface area contributed by atoms with Crippen LogP contribution in [-0.2, 0) is 7.05 Å². The fourth-order valence-electron chi connectivity index (χ4n) is 1.65. The van der Waals surface area contributed by atoms with Gasteiger partial charge in [0, 0.05) is 30.1 Å².